The number of fused-ring (bicyclic) bond motifs is 1. The van der Waals surface area contributed by atoms with Crippen molar-refractivity contribution >= 4 is 17.5 Å². The van der Waals surface area contributed by atoms with Crippen LogP contribution in [0.2, 0.25) is 0 Å². The Morgan fingerprint density at radius 2 is 1.84 bits per heavy atom. The van der Waals surface area contributed by atoms with Gasteiger partial charge in [0, 0.05) is 25.5 Å². The van der Waals surface area contributed by atoms with Crippen molar-refractivity contribution in [2.75, 3.05) is 6.61 Å². The lowest BCUT2D eigenvalue weighted by Gasteiger charge is -2.33. The number of halogens is 5. The number of hydrogen-bond donors (Lipinski definition) is 2. The van der Waals surface area contributed by atoms with Gasteiger partial charge in [-0.05, 0) is 67.7 Å². The SMILES string of the molecule is CCCC(=O)N[C@@H](c1cnn2cc([C@@H](NC(=O)c3ncccc3OCC(F)(F)F)C3CCC(F)(F)CC3)nc2c1)C1CC1. The van der Waals surface area contributed by atoms with E-state index >= 15 is 0 Å². The van der Waals surface area contributed by atoms with Crippen molar-refractivity contribution in [1.29, 1.82) is 0 Å². The summed E-state index contributed by atoms with van der Waals surface area (Å²) in [4.78, 5) is 34.3. The Labute approximate surface area is 244 Å². The van der Waals surface area contributed by atoms with Gasteiger partial charge in [-0.25, -0.2) is 23.3 Å². The van der Waals surface area contributed by atoms with Gasteiger partial charge in [0.1, 0.15) is 0 Å². The zero-order chi connectivity index (χ0) is 30.8. The molecule has 3 aromatic heterocycles. The Kier molecular flexibility index (Phi) is 8.84. The van der Waals surface area contributed by atoms with Gasteiger partial charge in [-0.2, -0.15) is 18.3 Å². The van der Waals surface area contributed by atoms with Crippen molar-refractivity contribution in [3.8, 4) is 5.75 Å². The summed E-state index contributed by atoms with van der Waals surface area (Å²) in [5.74, 6) is -4.18. The van der Waals surface area contributed by atoms with Crippen LogP contribution in [-0.4, -0.2) is 50.1 Å². The molecule has 0 spiro atoms. The molecule has 0 saturated heterocycles. The summed E-state index contributed by atoms with van der Waals surface area (Å²) >= 11 is 0. The van der Waals surface area contributed by atoms with Gasteiger partial charge in [-0.3, -0.25) is 9.59 Å². The summed E-state index contributed by atoms with van der Waals surface area (Å²) in [6, 6.07) is 3.28. The van der Waals surface area contributed by atoms with Gasteiger partial charge in [0.05, 0.1) is 30.2 Å². The molecule has 2 aliphatic carbocycles. The Hall–Kier alpha value is -3.84. The molecule has 2 amide bonds. The first kappa shape index (κ1) is 30.6. The summed E-state index contributed by atoms with van der Waals surface area (Å²) in [5.41, 5.74) is 1.22. The van der Waals surface area contributed by atoms with E-state index in [0.717, 1.165) is 24.8 Å². The van der Waals surface area contributed by atoms with Gasteiger partial charge in [0.25, 0.3) is 5.91 Å². The van der Waals surface area contributed by atoms with Crippen LogP contribution in [0.4, 0.5) is 22.0 Å². The van der Waals surface area contributed by atoms with E-state index in [2.05, 4.69) is 25.7 Å². The van der Waals surface area contributed by atoms with E-state index < -0.39 is 36.6 Å². The van der Waals surface area contributed by atoms with Crippen LogP contribution in [0.5, 0.6) is 5.75 Å². The Morgan fingerprint density at radius 3 is 2.51 bits per heavy atom. The monoisotopic (exact) mass is 608 g/mol. The highest BCUT2D eigenvalue weighted by atomic mass is 19.4. The Morgan fingerprint density at radius 1 is 1.12 bits per heavy atom. The molecule has 0 aliphatic heterocycles. The number of amides is 2. The Balaban J connectivity index is 1.43. The smallest absolute Gasteiger partial charge is 0.422 e. The lowest BCUT2D eigenvalue weighted by Crippen LogP contribution is -2.38. The number of rotatable bonds is 11. The van der Waals surface area contributed by atoms with E-state index in [4.69, 9.17) is 4.74 Å². The number of carbonyl (C=O) groups excluding carboxylic acids is 2. The summed E-state index contributed by atoms with van der Waals surface area (Å²) < 4.78 is 72.8. The van der Waals surface area contributed by atoms with Crippen LogP contribution in [-0.2, 0) is 4.79 Å². The second-order valence-electron chi connectivity index (χ2n) is 11.3. The number of imidazole rings is 1. The first-order valence-electron chi connectivity index (χ1n) is 14.4. The standard InChI is InChI=1S/C29H33F5N6O3/c1-2-4-23(41)38-24(17-6-7-17)19-13-22-37-20(15-40(22)36-14-19)25(18-8-10-28(30,31)11-9-18)39-27(42)26-21(5-3-12-35-26)43-16-29(32,33)34/h3,5,12-15,17-18,24-25H,2,4,6-11,16H2,1H3,(H,38,41)(H,39,42)/t24-,25+/m1/s1. The van der Waals surface area contributed by atoms with Gasteiger partial charge in [-0.15, -0.1) is 0 Å². The molecule has 3 aromatic rings. The molecule has 0 unspecified atom stereocenters. The highest BCUT2D eigenvalue weighted by Crippen LogP contribution is 2.43. The molecular formula is C29H33F5N6O3. The van der Waals surface area contributed by atoms with Crippen LogP contribution in [0.25, 0.3) is 5.65 Å². The fraction of sp³-hybridized carbons (Fsp3) is 0.552. The molecule has 2 N–H and O–H groups in total. The molecule has 43 heavy (non-hydrogen) atoms. The molecule has 14 heteroatoms. The number of nitrogens with one attached hydrogen (secondary N) is 2. The average molecular weight is 609 g/mol. The van der Waals surface area contributed by atoms with Crippen LogP contribution in [0.1, 0.15) is 92.1 Å². The molecule has 2 fully saturated rings. The van der Waals surface area contributed by atoms with E-state index in [0.29, 0.717) is 23.7 Å². The Bertz CT molecular complexity index is 1450. The molecule has 2 saturated carbocycles. The molecule has 9 nitrogen and oxygen atoms in total. The van der Waals surface area contributed by atoms with E-state index in [9.17, 15) is 31.5 Å². The molecule has 0 aromatic carbocycles. The van der Waals surface area contributed by atoms with Crippen LogP contribution in [0.3, 0.4) is 0 Å². The third-order valence-corrected chi connectivity index (χ3v) is 7.82. The number of carbonyl (C=O) groups is 2. The fourth-order valence-electron chi connectivity index (χ4n) is 5.48. The molecule has 0 radical (unpaired) electrons. The van der Waals surface area contributed by atoms with Crippen LogP contribution < -0.4 is 15.4 Å². The molecule has 5 rings (SSSR count). The summed E-state index contributed by atoms with van der Waals surface area (Å²) in [6.07, 6.45) is 2.40. The number of ether oxygens (including phenoxy) is 1. The molecule has 2 aliphatic rings. The van der Waals surface area contributed by atoms with Crippen molar-refractivity contribution in [3.63, 3.8) is 0 Å². The minimum Gasteiger partial charge on any atom is -0.482 e. The normalized spacial score (nSPS) is 18.7. The minimum absolute atomic E-state index is 0.0479. The molecule has 3 heterocycles. The highest BCUT2D eigenvalue weighted by molar-refractivity contribution is 5.95. The van der Waals surface area contributed by atoms with E-state index in [-0.39, 0.29) is 49.1 Å². The number of aromatic nitrogens is 4. The predicted octanol–water partition coefficient (Wildman–Crippen LogP) is 5.73. The number of hydrogen-bond acceptors (Lipinski definition) is 6. The maximum absolute atomic E-state index is 14.0. The molecule has 0 bridgehead atoms. The van der Waals surface area contributed by atoms with Gasteiger partial charge >= 0.3 is 6.18 Å². The van der Waals surface area contributed by atoms with Crippen molar-refractivity contribution in [2.45, 2.75) is 82.5 Å². The summed E-state index contributed by atoms with van der Waals surface area (Å²) in [7, 11) is 0. The quantitative estimate of drug-likeness (QED) is 0.269. The van der Waals surface area contributed by atoms with Crippen LogP contribution in [0, 0.1) is 11.8 Å². The highest BCUT2D eigenvalue weighted by Gasteiger charge is 2.40. The first-order valence-corrected chi connectivity index (χ1v) is 14.4. The molecular weight excluding hydrogens is 575 g/mol. The number of alkyl halides is 5. The fourth-order valence-corrected chi connectivity index (χ4v) is 5.48. The lowest BCUT2D eigenvalue weighted by atomic mass is 9.81. The maximum atomic E-state index is 14.0. The second kappa shape index (κ2) is 12.4. The molecule has 232 valence electrons. The van der Waals surface area contributed by atoms with Crippen LogP contribution >= 0.6 is 0 Å². The third kappa shape index (κ3) is 7.77. The largest absolute Gasteiger partial charge is 0.482 e. The summed E-state index contributed by atoms with van der Waals surface area (Å²) in [6.45, 7) is 0.319. The maximum Gasteiger partial charge on any atom is 0.422 e. The van der Waals surface area contributed by atoms with Crippen molar-refractivity contribution in [2.24, 2.45) is 11.8 Å². The number of pyridine rings is 1. The van der Waals surface area contributed by atoms with Crippen LogP contribution in [0.15, 0.2) is 36.8 Å². The molecule has 2 atom stereocenters. The van der Waals surface area contributed by atoms with Crippen molar-refractivity contribution < 1.29 is 36.3 Å². The minimum atomic E-state index is -4.63. The third-order valence-electron chi connectivity index (χ3n) is 7.82. The van der Waals surface area contributed by atoms with Gasteiger partial charge < -0.3 is 15.4 Å². The zero-order valence-electron chi connectivity index (χ0n) is 23.5. The van der Waals surface area contributed by atoms with Gasteiger partial charge in [-0.1, -0.05) is 6.92 Å². The first-order chi connectivity index (χ1) is 20.4. The van der Waals surface area contributed by atoms with Gasteiger partial charge in [0.2, 0.25) is 11.8 Å². The summed E-state index contributed by atoms with van der Waals surface area (Å²) in [5, 5.41) is 10.3. The van der Waals surface area contributed by atoms with Crippen molar-refractivity contribution in [1.82, 2.24) is 30.2 Å². The second-order valence-corrected chi connectivity index (χ2v) is 11.3. The average Bonchev–Trinajstić information content (AvgIpc) is 3.71. The van der Waals surface area contributed by atoms with E-state index in [1.54, 1.807) is 18.5 Å². The topological polar surface area (TPSA) is 111 Å². The zero-order valence-corrected chi connectivity index (χ0v) is 23.5. The lowest BCUT2D eigenvalue weighted by molar-refractivity contribution is -0.153. The van der Waals surface area contributed by atoms with E-state index in [1.165, 1.54) is 22.8 Å². The van der Waals surface area contributed by atoms with Crippen molar-refractivity contribution in [3.05, 3.63) is 53.7 Å². The predicted molar refractivity (Wildman–Crippen MR) is 144 cm³/mol. The van der Waals surface area contributed by atoms with Gasteiger partial charge in [0.15, 0.2) is 23.7 Å². The number of nitrogens with zero attached hydrogens (tertiary/aromatic N) is 4. The van der Waals surface area contributed by atoms with E-state index in [1.807, 2.05) is 6.92 Å².